The van der Waals surface area contributed by atoms with E-state index in [1.165, 1.54) is 25.9 Å². The summed E-state index contributed by atoms with van der Waals surface area (Å²) in [5.74, 6) is 12.0. The Labute approximate surface area is 112 Å². The average Bonchev–Trinajstić information content (AvgIpc) is 2.93. The smallest absolute Gasteiger partial charge is 0.0403 e. The Morgan fingerprint density at radius 1 is 1.28 bits per heavy atom. The third-order valence-corrected chi connectivity index (χ3v) is 4.54. The van der Waals surface area contributed by atoms with Gasteiger partial charge in [0, 0.05) is 18.0 Å². The molecule has 1 aliphatic rings. The van der Waals surface area contributed by atoms with Crippen LogP contribution < -0.4 is 11.3 Å². The van der Waals surface area contributed by atoms with Crippen LogP contribution in [-0.2, 0) is 0 Å². The molecule has 1 unspecified atom stereocenters. The summed E-state index contributed by atoms with van der Waals surface area (Å²) in [5, 5.41) is 0. The van der Waals surface area contributed by atoms with Crippen molar-refractivity contribution in [2.75, 3.05) is 13.1 Å². The van der Waals surface area contributed by atoms with Crippen molar-refractivity contribution in [2.45, 2.75) is 70.9 Å². The van der Waals surface area contributed by atoms with Crippen LogP contribution in [0.4, 0.5) is 0 Å². The van der Waals surface area contributed by atoms with Crippen molar-refractivity contribution in [1.29, 1.82) is 0 Å². The molecule has 3 heteroatoms. The van der Waals surface area contributed by atoms with Crippen molar-refractivity contribution < 1.29 is 0 Å². The number of nitrogens with zero attached hydrogens (tertiary/aromatic N) is 1. The van der Waals surface area contributed by atoms with Crippen molar-refractivity contribution in [3.63, 3.8) is 0 Å². The van der Waals surface area contributed by atoms with E-state index in [4.69, 9.17) is 5.84 Å². The maximum Gasteiger partial charge on any atom is 0.0403 e. The molecule has 0 bridgehead atoms. The molecule has 1 aliphatic heterocycles. The van der Waals surface area contributed by atoms with Crippen LogP contribution in [0.15, 0.2) is 0 Å². The van der Waals surface area contributed by atoms with Crippen LogP contribution in [0.5, 0.6) is 0 Å². The topological polar surface area (TPSA) is 41.3 Å². The standard InChI is InChI=1S/C15H29N3/c1-4-7-8-11-14(17-16)15(5-2,6-3)18-12-9-10-13-18/h14,17H,5-6,8-13,16H2,1-3H3. The summed E-state index contributed by atoms with van der Waals surface area (Å²) in [6.07, 6.45) is 6.92. The normalized spacial score (nSPS) is 18.4. The SMILES string of the molecule is CC#CCCC(NN)C(CC)(CC)N1CCCC1. The van der Waals surface area contributed by atoms with E-state index in [9.17, 15) is 0 Å². The van der Waals surface area contributed by atoms with E-state index in [1.54, 1.807) is 0 Å². The Morgan fingerprint density at radius 3 is 2.33 bits per heavy atom. The maximum atomic E-state index is 5.83. The molecular formula is C15H29N3. The Kier molecular flexibility index (Phi) is 6.70. The average molecular weight is 251 g/mol. The van der Waals surface area contributed by atoms with E-state index in [2.05, 4.69) is 36.0 Å². The van der Waals surface area contributed by atoms with Gasteiger partial charge in [-0.25, -0.2) is 0 Å². The summed E-state index contributed by atoms with van der Waals surface area (Å²) in [4.78, 5) is 2.65. The first-order valence-electron chi connectivity index (χ1n) is 7.36. The largest absolute Gasteiger partial charge is 0.296 e. The molecule has 18 heavy (non-hydrogen) atoms. The molecule has 1 heterocycles. The number of hydrogen-bond donors (Lipinski definition) is 2. The zero-order valence-corrected chi connectivity index (χ0v) is 12.3. The fourth-order valence-corrected chi connectivity index (χ4v) is 3.42. The van der Waals surface area contributed by atoms with Gasteiger partial charge in [0.05, 0.1) is 0 Å². The van der Waals surface area contributed by atoms with Gasteiger partial charge in [-0.3, -0.25) is 16.2 Å². The number of nitrogens with two attached hydrogens (primary N) is 1. The van der Waals surface area contributed by atoms with Gasteiger partial charge in [-0.2, -0.15) is 0 Å². The van der Waals surface area contributed by atoms with E-state index in [0.29, 0.717) is 6.04 Å². The number of nitrogens with one attached hydrogen (secondary N) is 1. The zero-order valence-electron chi connectivity index (χ0n) is 12.3. The minimum atomic E-state index is 0.209. The molecule has 104 valence electrons. The summed E-state index contributed by atoms with van der Waals surface area (Å²) < 4.78 is 0. The second kappa shape index (κ2) is 7.78. The van der Waals surface area contributed by atoms with Crippen LogP contribution in [0.25, 0.3) is 0 Å². The molecule has 0 amide bonds. The first-order valence-corrected chi connectivity index (χ1v) is 7.36. The van der Waals surface area contributed by atoms with Crippen molar-refractivity contribution in [3.8, 4) is 11.8 Å². The summed E-state index contributed by atoms with van der Waals surface area (Å²) >= 11 is 0. The Bertz CT molecular complexity index is 280. The third-order valence-electron chi connectivity index (χ3n) is 4.54. The summed E-state index contributed by atoms with van der Waals surface area (Å²) in [6.45, 7) is 8.92. The first-order chi connectivity index (χ1) is 8.75. The van der Waals surface area contributed by atoms with Crippen LogP contribution >= 0.6 is 0 Å². The van der Waals surface area contributed by atoms with Crippen molar-refractivity contribution in [2.24, 2.45) is 5.84 Å². The molecule has 3 N–H and O–H groups in total. The highest BCUT2D eigenvalue weighted by Gasteiger charge is 2.41. The lowest BCUT2D eigenvalue weighted by Gasteiger charge is -2.46. The molecule has 1 rings (SSSR count). The first kappa shape index (κ1) is 15.5. The maximum absolute atomic E-state index is 5.83. The van der Waals surface area contributed by atoms with Crippen molar-refractivity contribution in [3.05, 3.63) is 0 Å². The monoisotopic (exact) mass is 251 g/mol. The van der Waals surface area contributed by atoms with Crippen molar-refractivity contribution in [1.82, 2.24) is 10.3 Å². The minimum Gasteiger partial charge on any atom is -0.296 e. The van der Waals surface area contributed by atoms with Gasteiger partial charge >= 0.3 is 0 Å². The lowest BCUT2D eigenvalue weighted by atomic mass is 9.81. The highest BCUT2D eigenvalue weighted by molar-refractivity contribution is 5.02. The number of rotatable bonds is 7. The zero-order chi connectivity index (χ0) is 13.4. The second-order valence-corrected chi connectivity index (χ2v) is 5.19. The van der Waals surface area contributed by atoms with Crippen LogP contribution in [0.2, 0.25) is 0 Å². The van der Waals surface area contributed by atoms with Gasteiger partial charge in [0.25, 0.3) is 0 Å². The molecule has 1 fully saturated rings. The number of hydrazine groups is 1. The van der Waals surface area contributed by atoms with Crippen LogP contribution in [-0.4, -0.2) is 29.6 Å². The minimum absolute atomic E-state index is 0.209. The van der Waals surface area contributed by atoms with E-state index < -0.39 is 0 Å². The number of hydrogen-bond acceptors (Lipinski definition) is 3. The predicted molar refractivity (Wildman–Crippen MR) is 77.9 cm³/mol. The number of likely N-dealkylation sites (tertiary alicyclic amines) is 1. The van der Waals surface area contributed by atoms with Gasteiger partial charge in [-0.05, 0) is 52.1 Å². The summed E-state index contributed by atoms with van der Waals surface area (Å²) in [7, 11) is 0. The molecular weight excluding hydrogens is 222 g/mol. The molecule has 0 aromatic rings. The van der Waals surface area contributed by atoms with Gasteiger partial charge in [0.1, 0.15) is 0 Å². The molecule has 0 radical (unpaired) electrons. The second-order valence-electron chi connectivity index (χ2n) is 5.19. The van der Waals surface area contributed by atoms with E-state index in [0.717, 1.165) is 25.7 Å². The van der Waals surface area contributed by atoms with Gasteiger partial charge in [-0.1, -0.05) is 13.8 Å². The summed E-state index contributed by atoms with van der Waals surface area (Å²) in [6, 6.07) is 0.339. The lowest BCUT2D eigenvalue weighted by Crippen LogP contribution is -2.61. The van der Waals surface area contributed by atoms with Crippen molar-refractivity contribution >= 4 is 0 Å². The van der Waals surface area contributed by atoms with E-state index in [1.807, 2.05) is 6.92 Å². The molecule has 3 nitrogen and oxygen atoms in total. The summed E-state index contributed by atoms with van der Waals surface area (Å²) in [5.41, 5.74) is 3.28. The highest BCUT2D eigenvalue weighted by atomic mass is 15.3. The molecule has 0 aromatic heterocycles. The van der Waals surface area contributed by atoms with Gasteiger partial charge in [-0.15, -0.1) is 11.8 Å². The molecule has 0 aliphatic carbocycles. The highest BCUT2D eigenvalue weighted by Crippen LogP contribution is 2.33. The molecule has 0 spiro atoms. The molecule has 1 atom stereocenters. The Morgan fingerprint density at radius 2 is 1.89 bits per heavy atom. The Balaban J connectivity index is 2.79. The van der Waals surface area contributed by atoms with Crippen LogP contribution in [0.3, 0.4) is 0 Å². The predicted octanol–water partition coefficient (Wildman–Crippen LogP) is 2.28. The van der Waals surface area contributed by atoms with Gasteiger partial charge in [0.15, 0.2) is 0 Å². The molecule has 0 saturated carbocycles. The Hall–Kier alpha value is -0.560. The third kappa shape index (κ3) is 3.26. The van der Waals surface area contributed by atoms with Crippen LogP contribution in [0, 0.1) is 11.8 Å². The van der Waals surface area contributed by atoms with Gasteiger partial charge < -0.3 is 0 Å². The van der Waals surface area contributed by atoms with E-state index >= 15 is 0 Å². The molecule has 1 saturated heterocycles. The molecule has 0 aromatic carbocycles. The van der Waals surface area contributed by atoms with Gasteiger partial charge in [0.2, 0.25) is 0 Å². The van der Waals surface area contributed by atoms with Crippen LogP contribution in [0.1, 0.15) is 59.3 Å². The quantitative estimate of drug-likeness (QED) is 0.414. The lowest BCUT2D eigenvalue weighted by molar-refractivity contribution is 0.0592. The fraction of sp³-hybridized carbons (Fsp3) is 0.867. The fourth-order valence-electron chi connectivity index (χ4n) is 3.42. The van der Waals surface area contributed by atoms with E-state index in [-0.39, 0.29) is 5.54 Å².